The monoisotopic (exact) mass is 256 g/mol. The average molecular weight is 256 g/mol. The zero-order chi connectivity index (χ0) is 13.6. The van der Waals surface area contributed by atoms with Crippen molar-refractivity contribution < 1.29 is 19.1 Å². The third-order valence-electron chi connectivity index (χ3n) is 2.27. The first-order valence-corrected chi connectivity index (χ1v) is 6.69. The van der Waals surface area contributed by atoms with Gasteiger partial charge in [-0.3, -0.25) is 4.79 Å². The molecule has 4 heteroatoms. The molecular weight excluding hydrogens is 232 g/mol. The minimum Gasteiger partial charge on any atom is -0.466 e. The van der Waals surface area contributed by atoms with E-state index in [1.165, 1.54) is 6.08 Å². The van der Waals surface area contributed by atoms with Crippen molar-refractivity contribution in [1.29, 1.82) is 0 Å². The largest absolute Gasteiger partial charge is 0.466 e. The van der Waals surface area contributed by atoms with Gasteiger partial charge in [-0.05, 0) is 19.3 Å². The molecule has 0 atom stereocenters. The minimum atomic E-state index is -0.345. The van der Waals surface area contributed by atoms with Gasteiger partial charge in [0.25, 0.3) is 0 Å². The highest BCUT2D eigenvalue weighted by Gasteiger charge is 2.01. The number of carbonyl (C=O) groups excluding carboxylic acids is 2. The van der Waals surface area contributed by atoms with E-state index in [4.69, 9.17) is 9.47 Å². The molecule has 4 nitrogen and oxygen atoms in total. The van der Waals surface area contributed by atoms with Crippen molar-refractivity contribution in [2.24, 2.45) is 0 Å². The van der Waals surface area contributed by atoms with Crippen molar-refractivity contribution >= 4 is 11.9 Å². The van der Waals surface area contributed by atoms with Gasteiger partial charge in [0.1, 0.15) is 0 Å². The van der Waals surface area contributed by atoms with Gasteiger partial charge in [-0.1, -0.05) is 32.8 Å². The van der Waals surface area contributed by atoms with E-state index in [2.05, 4.69) is 0 Å². The summed E-state index contributed by atoms with van der Waals surface area (Å²) >= 11 is 0. The van der Waals surface area contributed by atoms with E-state index in [9.17, 15) is 9.59 Å². The molecule has 0 aliphatic carbocycles. The van der Waals surface area contributed by atoms with Crippen molar-refractivity contribution in [3.63, 3.8) is 0 Å². The van der Waals surface area contributed by atoms with Gasteiger partial charge in [-0.2, -0.15) is 0 Å². The van der Waals surface area contributed by atoms with Crippen molar-refractivity contribution in [2.45, 2.75) is 52.4 Å². The Labute approximate surface area is 109 Å². The molecule has 0 unspecified atom stereocenters. The maximum Gasteiger partial charge on any atom is 0.330 e. The minimum absolute atomic E-state index is 0.215. The SMILES string of the molecule is CCCCOC(=O)C=CCCC(=O)OCCCC. The lowest BCUT2D eigenvalue weighted by atomic mass is 10.3. The Bertz CT molecular complexity index is 259. The van der Waals surface area contributed by atoms with Crippen LogP contribution in [0.15, 0.2) is 12.2 Å². The summed E-state index contributed by atoms with van der Waals surface area (Å²) in [5.41, 5.74) is 0. The van der Waals surface area contributed by atoms with Crippen molar-refractivity contribution in [3.8, 4) is 0 Å². The van der Waals surface area contributed by atoms with E-state index < -0.39 is 0 Å². The molecule has 0 spiro atoms. The van der Waals surface area contributed by atoms with Crippen LogP contribution < -0.4 is 0 Å². The molecule has 0 saturated carbocycles. The molecule has 0 fully saturated rings. The number of carbonyl (C=O) groups is 2. The average Bonchev–Trinajstić information content (AvgIpc) is 2.35. The molecule has 0 bridgehead atoms. The van der Waals surface area contributed by atoms with Gasteiger partial charge >= 0.3 is 11.9 Å². The van der Waals surface area contributed by atoms with Crippen LogP contribution in [0.2, 0.25) is 0 Å². The van der Waals surface area contributed by atoms with Crippen molar-refractivity contribution in [3.05, 3.63) is 12.2 Å². The van der Waals surface area contributed by atoms with E-state index in [1.54, 1.807) is 6.08 Å². The highest BCUT2D eigenvalue weighted by atomic mass is 16.5. The lowest BCUT2D eigenvalue weighted by Crippen LogP contribution is -2.05. The molecule has 0 aromatic carbocycles. The first kappa shape index (κ1) is 16.7. The normalized spacial score (nSPS) is 10.6. The van der Waals surface area contributed by atoms with Crippen LogP contribution in [0.4, 0.5) is 0 Å². The Morgan fingerprint density at radius 2 is 1.61 bits per heavy atom. The molecular formula is C14H24O4. The summed E-state index contributed by atoms with van der Waals surface area (Å²) in [5.74, 6) is -0.560. The van der Waals surface area contributed by atoms with Crippen molar-refractivity contribution in [1.82, 2.24) is 0 Å². The molecule has 0 rings (SSSR count). The molecule has 0 N–H and O–H groups in total. The lowest BCUT2D eigenvalue weighted by Gasteiger charge is -2.01. The summed E-state index contributed by atoms with van der Waals surface area (Å²) < 4.78 is 9.91. The maximum atomic E-state index is 11.2. The fourth-order valence-corrected chi connectivity index (χ4v) is 1.15. The van der Waals surface area contributed by atoms with Gasteiger partial charge in [0.15, 0.2) is 0 Å². The smallest absolute Gasteiger partial charge is 0.330 e. The second-order valence-corrected chi connectivity index (χ2v) is 4.04. The van der Waals surface area contributed by atoms with Crippen LogP contribution in [0.5, 0.6) is 0 Å². The molecule has 0 radical (unpaired) electrons. The Balaban J connectivity index is 3.51. The van der Waals surface area contributed by atoms with Crippen LogP contribution in [0, 0.1) is 0 Å². The van der Waals surface area contributed by atoms with Crippen molar-refractivity contribution in [2.75, 3.05) is 13.2 Å². The Morgan fingerprint density at radius 3 is 2.22 bits per heavy atom. The first-order chi connectivity index (χ1) is 8.70. The quantitative estimate of drug-likeness (QED) is 0.342. The van der Waals surface area contributed by atoms with Crippen LogP contribution in [0.25, 0.3) is 0 Å². The van der Waals surface area contributed by atoms with Gasteiger partial charge < -0.3 is 9.47 Å². The Kier molecular flexibility index (Phi) is 11.3. The predicted octanol–water partition coefficient (Wildman–Crippen LogP) is 3.01. The second kappa shape index (κ2) is 12.1. The molecule has 0 aliphatic rings. The molecule has 18 heavy (non-hydrogen) atoms. The summed E-state index contributed by atoms with van der Waals surface area (Å²) in [6.07, 6.45) is 7.62. The molecule has 104 valence electrons. The highest BCUT2D eigenvalue weighted by Crippen LogP contribution is 1.97. The summed E-state index contributed by atoms with van der Waals surface area (Å²) in [6.45, 7) is 5.02. The topological polar surface area (TPSA) is 52.6 Å². The number of ether oxygens (including phenoxy) is 2. The standard InChI is InChI=1S/C14H24O4/c1-3-5-11-17-13(15)9-7-8-10-14(16)18-12-6-4-2/h7,9H,3-6,8,10-12H2,1-2H3. The summed E-state index contributed by atoms with van der Waals surface area (Å²) in [6, 6.07) is 0. The van der Waals surface area contributed by atoms with Gasteiger partial charge in [0, 0.05) is 12.5 Å². The van der Waals surface area contributed by atoms with E-state index in [-0.39, 0.29) is 11.9 Å². The van der Waals surface area contributed by atoms with Crippen LogP contribution in [-0.2, 0) is 19.1 Å². The third-order valence-corrected chi connectivity index (χ3v) is 2.27. The van der Waals surface area contributed by atoms with Crippen LogP contribution in [0.1, 0.15) is 52.4 Å². The van der Waals surface area contributed by atoms with E-state index in [0.717, 1.165) is 25.7 Å². The van der Waals surface area contributed by atoms with Crippen LogP contribution in [-0.4, -0.2) is 25.2 Å². The number of hydrogen-bond acceptors (Lipinski definition) is 4. The molecule has 0 heterocycles. The summed E-state index contributed by atoms with van der Waals surface area (Å²) in [5, 5.41) is 0. The molecule has 0 aromatic rings. The zero-order valence-corrected chi connectivity index (χ0v) is 11.4. The number of hydrogen-bond donors (Lipinski definition) is 0. The first-order valence-electron chi connectivity index (χ1n) is 6.69. The summed E-state index contributed by atoms with van der Waals surface area (Å²) in [7, 11) is 0. The van der Waals surface area contributed by atoms with Gasteiger partial charge in [0.2, 0.25) is 0 Å². The lowest BCUT2D eigenvalue weighted by molar-refractivity contribution is -0.143. The fourth-order valence-electron chi connectivity index (χ4n) is 1.15. The second-order valence-electron chi connectivity index (χ2n) is 4.04. The highest BCUT2D eigenvalue weighted by molar-refractivity contribution is 5.82. The summed E-state index contributed by atoms with van der Waals surface area (Å²) in [4.78, 5) is 22.3. The van der Waals surface area contributed by atoms with Gasteiger partial charge in [0.05, 0.1) is 13.2 Å². The van der Waals surface area contributed by atoms with Gasteiger partial charge in [-0.25, -0.2) is 4.79 Å². The molecule has 0 aliphatic heterocycles. The fraction of sp³-hybridized carbons (Fsp3) is 0.714. The zero-order valence-electron chi connectivity index (χ0n) is 11.4. The Morgan fingerprint density at radius 1 is 1.00 bits per heavy atom. The van der Waals surface area contributed by atoms with E-state index in [0.29, 0.717) is 26.1 Å². The molecule has 0 aromatic heterocycles. The molecule has 0 amide bonds. The third kappa shape index (κ3) is 11.2. The number of unbranched alkanes of at least 4 members (excludes halogenated alkanes) is 2. The van der Waals surface area contributed by atoms with E-state index >= 15 is 0 Å². The van der Waals surface area contributed by atoms with Crippen LogP contribution >= 0.6 is 0 Å². The number of esters is 2. The van der Waals surface area contributed by atoms with Crippen LogP contribution in [0.3, 0.4) is 0 Å². The number of rotatable bonds is 10. The Hall–Kier alpha value is -1.32. The predicted molar refractivity (Wildman–Crippen MR) is 70.1 cm³/mol. The maximum absolute atomic E-state index is 11.2. The molecule has 0 saturated heterocycles. The number of allylic oxidation sites excluding steroid dienone is 1. The van der Waals surface area contributed by atoms with Gasteiger partial charge in [-0.15, -0.1) is 0 Å². The van der Waals surface area contributed by atoms with E-state index in [1.807, 2.05) is 13.8 Å².